The molecule has 0 fully saturated rings. The monoisotopic (exact) mass is 225 g/mol. The average Bonchev–Trinajstić information content (AvgIpc) is 0.918. The van der Waals surface area contributed by atoms with Crippen LogP contribution in [0.3, 0.4) is 0 Å². The molecule has 0 amide bonds. The van der Waals surface area contributed by atoms with Crippen molar-refractivity contribution in [3.8, 4) is 0 Å². The van der Waals surface area contributed by atoms with Crippen molar-refractivity contribution in [3.63, 3.8) is 0 Å². The Kier molecular flexibility index (Phi) is 22.0. The summed E-state index contributed by atoms with van der Waals surface area (Å²) in [5.41, 5.74) is 0. The van der Waals surface area contributed by atoms with Gasteiger partial charge in [-0.2, -0.15) is 0 Å². The molecule has 0 bridgehead atoms. The number of hydrogen-bond donors (Lipinski definition) is 0. The first-order chi connectivity index (χ1) is 1.41. The van der Waals surface area contributed by atoms with E-state index in [0.717, 1.165) is 6.29 Å². The van der Waals surface area contributed by atoms with Gasteiger partial charge in [0, 0.05) is 22.4 Å². The van der Waals surface area contributed by atoms with Gasteiger partial charge in [0.2, 0.25) is 0 Å². The fraction of sp³-hybridized carbons (Fsp3) is 0.500. The third-order valence-corrected chi connectivity index (χ3v) is 0. The summed E-state index contributed by atoms with van der Waals surface area (Å²) in [7, 11) is 0. The van der Waals surface area contributed by atoms with E-state index in [1.54, 1.807) is 0 Å². The molecule has 0 unspecified atom stereocenters. The summed E-state index contributed by atoms with van der Waals surface area (Å²) in [4.78, 5) is 8.81. The largest absolute Gasteiger partial charge is 0.304 e. The first-order valence-electron chi connectivity index (χ1n) is 0.813. The molecule has 2 heteroatoms. The van der Waals surface area contributed by atoms with Crippen LogP contribution >= 0.6 is 0 Å². The van der Waals surface area contributed by atoms with Gasteiger partial charge in [-0.1, -0.05) is 0 Å². The Balaban J connectivity index is 0. The van der Waals surface area contributed by atoms with Crippen LogP contribution in [0.15, 0.2) is 0 Å². The van der Waals surface area contributed by atoms with Crippen LogP contribution in [0.5, 0.6) is 0 Å². The number of carbonyl (C=O) groups excluding carboxylic acids is 1. The van der Waals surface area contributed by atoms with Crippen LogP contribution in [0, 0.1) is 0 Å². The zero-order chi connectivity index (χ0) is 2.71. The van der Waals surface area contributed by atoms with Crippen molar-refractivity contribution < 1.29 is 27.2 Å². The van der Waals surface area contributed by atoms with E-state index in [1.165, 1.54) is 6.92 Å². The molecule has 0 saturated carbocycles. The molecule has 0 saturated heterocycles. The van der Waals surface area contributed by atoms with Crippen LogP contribution in [0.2, 0.25) is 0 Å². The van der Waals surface area contributed by atoms with E-state index in [4.69, 9.17) is 4.79 Å². The molecule has 0 aliphatic rings. The molecule has 0 aromatic rings. The summed E-state index contributed by atoms with van der Waals surface area (Å²) >= 11 is 0. The fourth-order valence-corrected chi connectivity index (χ4v) is 0. The molecule has 0 aromatic carbocycles. The van der Waals surface area contributed by atoms with Gasteiger partial charge in [0.15, 0.2) is 0 Å². The van der Waals surface area contributed by atoms with Crippen LogP contribution in [0.25, 0.3) is 0 Å². The van der Waals surface area contributed by atoms with Gasteiger partial charge in [-0.15, -0.1) is 0 Å². The van der Waals surface area contributed by atoms with E-state index in [2.05, 4.69) is 0 Å². The van der Waals surface area contributed by atoms with Gasteiger partial charge < -0.3 is 4.79 Å². The Morgan fingerprint density at radius 3 is 1.75 bits per heavy atom. The second-order valence-electron chi connectivity index (χ2n) is 0.236. The van der Waals surface area contributed by atoms with E-state index in [-0.39, 0.29) is 22.4 Å². The summed E-state index contributed by atoms with van der Waals surface area (Å²) < 4.78 is 0. The molecule has 1 radical (unpaired) electrons. The minimum atomic E-state index is 0. The van der Waals surface area contributed by atoms with Crippen molar-refractivity contribution in [2.45, 2.75) is 6.92 Å². The van der Waals surface area contributed by atoms with Gasteiger partial charge in [-0.25, -0.2) is 0 Å². The van der Waals surface area contributed by atoms with Crippen molar-refractivity contribution in [2.24, 2.45) is 0 Å². The first-order valence-corrected chi connectivity index (χ1v) is 0.813. The van der Waals surface area contributed by atoms with E-state index >= 15 is 0 Å². The first kappa shape index (κ1) is 8.83. The molecule has 0 aliphatic carbocycles. The van der Waals surface area contributed by atoms with Crippen molar-refractivity contribution in [2.75, 3.05) is 0 Å². The molecule has 23 valence electrons. The average molecular weight is 225 g/mol. The summed E-state index contributed by atoms with van der Waals surface area (Å²) in [6.45, 7) is 1.44. The molecule has 0 N–H and O–H groups in total. The molecule has 0 rings (SSSR count). The van der Waals surface area contributed by atoms with Crippen LogP contribution in [-0.2, 0) is 27.2 Å². The third kappa shape index (κ3) is 28.5. The third-order valence-electron chi connectivity index (χ3n) is 0. The summed E-state index contributed by atoms with van der Waals surface area (Å²) in [6.07, 6.45) is 0.750. The minimum absolute atomic E-state index is 0. The topological polar surface area (TPSA) is 17.1 Å². The fourth-order valence-electron chi connectivity index (χ4n) is 0. The predicted octanol–water partition coefficient (Wildman–Crippen LogP) is 0.203. The van der Waals surface area contributed by atoms with Crippen LogP contribution in [0.1, 0.15) is 6.92 Å². The number of rotatable bonds is 0. The summed E-state index contributed by atoms with van der Waals surface area (Å²) in [5, 5.41) is 0. The van der Waals surface area contributed by atoms with E-state index in [0.29, 0.717) is 0 Å². The zero-order valence-electron chi connectivity index (χ0n) is 2.43. The molecule has 0 aliphatic heterocycles. The summed E-state index contributed by atoms with van der Waals surface area (Å²) in [6, 6.07) is 0. The standard InChI is InChI=1S/C2H4O.Ta/c1-2-3;/h2H,1H3;. The second kappa shape index (κ2) is 9.96. The van der Waals surface area contributed by atoms with Gasteiger partial charge in [0.1, 0.15) is 6.29 Å². The maximum atomic E-state index is 8.81. The Morgan fingerprint density at radius 1 is 1.75 bits per heavy atom. The molecular formula is C2H4OTa. The maximum absolute atomic E-state index is 8.81. The van der Waals surface area contributed by atoms with E-state index in [1.807, 2.05) is 0 Å². The summed E-state index contributed by atoms with van der Waals surface area (Å²) in [5.74, 6) is 0. The van der Waals surface area contributed by atoms with Gasteiger partial charge in [-0.05, 0) is 6.92 Å². The Hall–Kier alpha value is 0.410. The zero-order valence-corrected chi connectivity index (χ0v) is 5.65. The normalized spacial score (nSPS) is 3.25. The maximum Gasteiger partial charge on any atom is 0.116 e. The van der Waals surface area contributed by atoms with E-state index in [9.17, 15) is 0 Å². The molecule has 0 heterocycles. The Labute approximate surface area is 40.9 Å². The molecule has 1 nitrogen and oxygen atoms in total. The van der Waals surface area contributed by atoms with Crippen molar-refractivity contribution in [1.29, 1.82) is 0 Å². The van der Waals surface area contributed by atoms with Gasteiger partial charge >= 0.3 is 0 Å². The van der Waals surface area contributed by atoms with Crippen LogP contribution in [0.4, 0.5) is 0 Å². The number of hydrogen-bond acceptors (Lipinski definition) is 1. The molecule has 4 heavy (non-hydrogen) atoms. The second-order valence-corrected chi connectivity index (χ2v) is 0.236. The number of aldehydes is 1. The Morgan fingerprint density at radius 2 is 1.75 bits per heavy atom. The molecule has 0 atom stereocenters. The smallest absolute Gasteiger partial charge is 0.116 e. The minimum Gasteiger partial charge on any atom is -0.304 e. The molecule has 0 spiro atoms. The van der Waals surface area contributed by atoms with Gasteiger partial charge in [-0.3, -0.25) is 0 Å². The van der Waals surface area contributed by atoms with Crippen LogP contribution in [-0.4, -0.2) is 6.29 Å². The number of carbonyl (C=O) groups is 1. The van der Waals surface area contributed by atoms with Crippen molar-refractivity contribution in [1.82, 2.24) is 0 Å². The Bertz CT molecular complexity index is 13.5. The molecule has 0 aromatic heterocycles. The molecular weight excluding hydrogens is 221 g/mol. The van der Waals surface area contributed by atoms with Crippen molar-refractivity contribution >= 4 is 6.29 Å². The van der Waals surface area contributed by atoms with Crippen molar-refractivity contribution in [3.05, 3.63) is 0 Å². The quantitative estimate of drug-likeness (QED) is 0.538. The van der Waals surface area contributed by atoms with Crippen LogP contribution < -0.4 is 0 Å². The van der Waals surface area contributed by atoms with Gasteiger partial charge in [0.25, 0.3) is 0 Å². The predicted molar refractivity (Wildman–Crippen MR) is 11.7 cm³/mol. The van der Waals surface area contributed by atoms with E-state index < -0.39 is 0 Å². The SMILES string of the molecule is CC=O.[Ta]. The van der Waals surface area contributed by atoms with Gasteiger partial charge in [0.05, 0.1) is 0 Å².